The van der Waals surface area contributed by atoms with Gasteiger partial charge in [-0.05, 0) is 18.7 Å². The molecule has 0 atom stereocenters. The molecule has 0 spiro atoms. The lowest BCUT2D eigenvalue weighted by Crippen LogP contribution is -2.06. The molecule has 2 aromatic rings. The molecule has 0 fully saturated rings. The van der Waals surface area contributed by atoms with Crippen LogP contribution in [-0.2, 0) is 6.42 Å². The first kappa shape index (κ1) is 9.43. The lowest BCUT2D eigenvalue weighted by Gasteiger charge is -1.98. The topological polar surface area (TPSA) is 43.3 Å². The van der Waals surface area contributed by atoms with E-state index in [9.17, 15) is 4.39 Å². The first-order valence-corrected chi connectivity index (χ1v) is 4.63. The molecule has 2 heterocycles. The van der Waals surface area contributed by atoms with E-state index in [1.165, 1.54) is 6.07 Å². The first-order chi connectivity index (χ1) is 6.74. The number of pyridine rings is 1. The highest BCUT2D eigenvalue weighted by atomic mass is 35.5. The summed E-state index contributed by atoms with van der Waals surface area (Å²) in [7, 11) is 0. The Balaban J connectivity index is 2.71. The standard InChI is InChI=1S/C9H9ClFN3/c10-9-8-6(11)2-1-5-14(8)7(13-9)3-4-12/h1-2,5H,3-4,12H2. The lowest BCUT2D eigenvalue weighted by molar-refractivity contribution is 0.632. The summed E-state index contributed by atoms with van der Waals surface area (Å²) >= 11 is 5.81. The van der Waals surface area contributed by atoms with Gasteiger partial charge in [0.05, 0.1) is 0 Å². The molecule has 0 radical (unpaired) electrons. The van der Waals surface area contributed by atoms with Gasteiger partial charge < -0.3 is 5.73 Å². The largest absolute Gasteiger partial charge is 0.330 e. The monoisotopic (exact) mass is 213 g/mol. The zero-order valence-corrected chi connectivity index (χ0v) is 8.13. The van der Waals surface area contributed by atoms with Gasteiger partial charge in [-0.15, -0.1) is 0 Å². The summed E-state index contributed by atoms with van der Waals surface area (Å²) in [6, 6.07) is 2.97. The van der Waals surface area contributed by atoms with Crippen molar-refractivity contribution in [3.63, 3.8) is 0 Å². The fourth-order valence-corrected chi connectivity index (χ4v) is 1.70. The number of hydrogen-bond donors (Lipinski definition) is 1. The highest BCUT2D eigenvalue weighted by molar-refractivity contribution is 6.32. The average molecular weight is 214 g/mol. The van der Waals surface area contributed by atoms with Crippen molar-refractivity contribution >= 4 is 17.1 Å². The number of fused-ring (bicyclic) bond motifs is 1. The fourth-order valence-electron chi connectivity index (χ4n) is 1.42. The maximum Gasteiger partial charge on any atom is 0.158 e. The van der Waals surface area contributed by atoms with Gasteiger partial charge in [-0.25, -0.2) is 9.37 Å². The van der Waals surface area contributed by atoms with Crippen molar-refractivity contribution < 1.29 is 4.39 Å². The summed E-state index contributed by atoms with van der Waals surface area (Å²) < 4.78 is 15.0. The molecule has 0 aliphatic rings. The molecule has 0 aromatic carbocycles. The molecule has 74 valence electrons. The number of halogens is 2. The second kappa shape index (κ2) is 3.55. The molecule has 0 unspecified atom stereocenters. The highest BCUT2D eigenvalue weighted by Crippen LogP contribution is 2.20. The summed E-state index contributed by atoms with van der Waals surface area (Å²) in [6.45, 7) is 0.464. The van der Waals surface area contributed by atoms with Gasteiger partial charge >= 0.3 is 0 Å². The van der Waals surface area contributed by atoms with Crippen LogP contribution in [-0.4, -0.2) is 15.9 Å². The molecule has 0 bridgehead atoms. The molecule has 2 aromatic heterocycles. The molecule has 0 aliphatic carbocycles. The summed E-state index contributed by atoms with van der Waals surface area (Å²) in [5.41, 5.74) is 5.73. The van der Waals surface area contributed by atoms with Crippen molar-refractivity contribution in [1.82, 2.24) is 9.38 Å². The normalized spacial score (nSPS) is 11.1. The van der Waals surface area contributed by atoms with Crippen LogP contribution >= 0.6 is 11.6 Å². The van der Waals surface area contributed by atoms with Crippen LogP contribution in [0, 0.1) is 5.82 Å². The van der Waals surface area contributed by atoms with E-state index in [0.717, 1.165) is 0 Å². The second-order valence-corrected chi connectivity index (χ2v) is 3.29. The number of imidazole rings is 1. The molecule has 0 aliphatic heterocycles. The molecule has 3 nitrogen and oxygen atoms in total. The Bertz CT molecular complexity index is 466. The molecule has 14 heavy (non-hydrogen) atoms. The Morgan fingerprint density at radius 3 is 3.07 bits per heavy atom. The SMILES string of the molecule is NCCc1nc(Cl)c2c(F)cccn12. The van der Waals surface area contributed by atoms with Gasteiger partial charge in [0, 0.05) is 12.6 Å². The minimum Gasteiger partial charge on any atom is -0.330 e. The number of aromatic nitrogens is 2. The zero-order valence-electron chi connectivity index (χ0n) is 7.37. The molecular weight excluding hydrogens is 205 g/mol. The van der Waals surface area contributed by atoms with E-state index in [1.807, 2.05) is 0 Å². The van der Waals surface area contributed by atoms with Crippen LogP contribution in [0.5, 0.6) is 0 Å². The Morgan fingerprint density at radius 1 is 1.57 bits per heavy atom. The van der Waals surface area contributed by atoms with Crippen molar-refractivity contribution in [2.45, 2.75) is 6.42 Å². The van der Waals surface area contributed by atoms with E-state index in [1.54, 1.807) is 16.7 Å². The third-order valence-corrected chi connectivity index (χ3v) is 2.28. The zero-order chi connectivity index (χ0) is 10.1. The minimum absolute atomic E-state index is 0.187. The van der Waals surface area contributed by atoms with E-state index in [2.05, 4.69) is 4.98 Å². The van der Waals surface area contributed by atoms with Crippen LogP contribution in [0.4, 0.5) is 4.39 Å². The van der Waals surface area contributed by atoms with Gasteiger partial charge in [0.25, 0.3) is 0 Å². The molecule has 0 saturated heterocycles. The van der Waals surface area contributed by atoms with Gasteiger partial charge in [0.2, 0.25) is 0 Å². The third kappa shape index (κ3) is 1.36. The van der Waals surface area contributed by atoms with Crippen LogP contribution in [0.15, 0.2) is 18.3 Å². The average Bonchev–Trinajstić information content (AvgIpc) is 2.46. The Morgan fingerprint density at radius 2 is 2.36 bits per heavy atom. The first-order valence-electron chi connectivity index (χ1n) is 4.25. The van der Waals surface area contributed by atoms with Crippen molar-refractivity contribution in [1.29, 1.82) is 0 Å². The quantitative estimate of drug-likeness (QED) is 0.824. The second-order valence-electron chi connectivity index (χ2n) is 2.93. The van der Waals surface area contributed by atoms with Gasteiger partial charge in [0.1, 0.15) is 17.2 Å². The molecule has 5 heteroatoms. The van der Waals surface area contributed by atoms with Gasteiger partial charge in [-0.1, -0.05) is 11.6 Å². The van der Waals surface area contributed by atoms with Crippen molar-refractivity contribution in [3.05, 3.63) is 35.1 Å². The van der Waals surface area contributed by atoms with Crippen LogP contribution in [0.3, 0.4) is 0 Å². The smallest absolute Gasteiger partial charge is 0.158 e. The summed E-state index contributed by atoms with van der Waals surface area (Å²) in [6.07, 6.45) is 2.31. The maximum absolute atomic E-state index is 13.3. The maximum atomic E-state index is 13.3. The predicted octanol–water partition coefficient (Wildman–Crippen LogP) is 1.63. The van der Waals surface area contributed by atoms with Gasteiger partial charge in [-0.2, -0.15) is 0 Å². The number of nitrogens with two attached hydrogens (primary N) is 1. The number of hydrogen-bond acceptors (Lipinski definition) is 2. The van der Waals surface area contributed by atoms with Crippen molar-refractivity contribution in [3.8, 4) is 0 Å². The van der Waals surface area contributed by atoms with E-state index in [-0.39, 0.29) is 11.0 Å². The van der Waals surface area contributed by atoms with Crippen molar-refractivity contribution in [2.24, 2.45) is 5.73 Å². The molecule has 0 amide bonds. The summed E-state index contributed by atoms with van der Waals surface area (Å²) in [5, 5.41) is 0.187. The minimum atomic E-state index is -0.367. The predicted molar refractivity (Wildman–Crippen MR) is 52.9 cm³/mol. The van der Waals surface area contributed by atoms with Crippen molar-refractivity contribution in [2.75, 3.05) is 6.54 Å². The molecule has 2 rings (SSSR count). The third-order valence-electron chi connectivity index (χ3n) is 2.01. The van der Waals surface area contributed by atoms with E-state index < -0.39 is 0 Å². The van der Waals surface area contributed by atoms with Gasteiger partial charge in [0.15, 0.2) is 5.15 Å². The van der Waals surface area contributed by atoms with Crippen LogP contribution in [0.1, 0.15) is 5.82 Å². The van der Waals surface area contributed by atoms with Crippen LogP contribution < -0.4 is 5.73 Å². The summed E-state index contributed by atoms with van der Waals surface area (Å²) in [5.74, 6) is 0.320. The molecule has 0 saturated carbocycles. The summed E-state index contributed by atoms with van der Waals surface area (Å²) in [4.78, 5) is 4.05. The Hall–Kier alpha value is -1.13. The van der Waals surface area contributed by atoms with E-state index in [0.29, 0.717) is 24.3 Å². The van der Waals surface area contributed by atoms with Crippen LogP contribution in [0.25, 0.3) is 5.52 Å². The molecular formula is C9H9ClFN3. The van der Waals surface area contributed by atoms with E-state index >= 15 is 0 Å². The van der Waals surface area contributed by atoms with E-state index in [4.69, 9.17) is 17.3 Å². The molecule has 2 N–H and O–H groups in total. The van der Waals surface area contributed by atoms with Crippen LogP contribution in [0.2, 0.25) is 5.15 Å². The van der Waals surface area contributed by atoms with Gasteiger partial charge in [-0.3, -0.25) is 4.40 Å². The Labute approximate surface area is 85.3 Å². The fraction of sp³-hybridized carbons (Fsp3) is 0.222. The highest BCUT2D eigenvalue weighted by Gasteiger charge is 2.11. The number of rotatable bonds is 2. The lowest BCUT2D eigenvalue weighted by atomic mass is 10.4. The number of nitrogens with zero attached hydrogens (tertiary/aromatic N) is 2. The Kier molecular flexibility index (Phi) is 2.39.